The number of carbonyl (C=O) groups is 1. The number of rotatable bonds is 13. The third-order valence-electron chi connectivity index (χ3n) is 5.96. The van der Waals surface area contributed by atoms with Crippen molar-refractivity contribution < 1.29 is 32.4 Å². The van der Waals surface area contributed by atoms with Gasteiger partial charge < -0.3 is 24.3 Å². The second kappa shape index (κ2) is 12.9. The van der Waals surface area contributed by atoms with Crippen LogP contribution in [0.5, 0.6) is 0 Å². The molecule has 0 spiro atoms. The zero-order valence-corrected chi connectivity index (χ0v) is 25.3. The summed E-state index contributed by atoms with van der Waals surface area (Å²) in [5.74, 6) is 0.207. The molecule has 0 aromatic carbocycles. The summed E-state index contributed by atoms with van der Waals surface area (Å²) in [5.41, 5.74) is 6.31. The third-order valence-corrected chi connectivity index (χ3v) is 8.47. The van der Waals surface area contributed by atoms with Gasteiger partial charge in [0.2, 0.25) is 5.95 Å². The van der Waals surface area contributed by atoms with E-state index in [1.807, 2.05) is 0 Å². The lowest BCUT2D eigenvalue weighted by molar-refractivity contribution is -0.128. The number of nitrogens with one attached hydrogen (secondary N) is 1. The molecule has 2 unspecified atom stereocenters. The van der Waals surface area contributed by atoms with E-state index in [1.165, 1.54) is 17.1 Å². The second-order valence-electron chi connectivity index (χ2n) is 8.59. The number of imidazole rings is 2. The number of aromatic amines is 1. The van der Waals surface area contributed by atoms with Crippen LogP contribution in [0, 0.1) is 0 Å². The van der Waals surface area contributed by atoms with E-state index in [0.29, 0.717) is 28.5 Å². The molecule has 0 aliphatic carbocycles. The van der Waals surface area contributed by atoms with Crippen LogP contribution in [0.4, 0.5) is 5.95 Å². The number of hydrogen-bond acceptors (Lipinski definition) is 14. The van der Waals surface area contributed by atoms with Gasteiger partial charge in [-0.2, -0.15) is 4.98 Å². The summed E-state index contributed by atoms with van der Waals surface area (Å²) in [5, 5.41) is 0.372. The second-order valence-corrected chi connectivity index (χ2v) is 12.9. The molecule has 0 amide bonds. The monoisotopic (exact) mass is 664 g/mol. The quantitative estimate of drug-likeness (QED) is 0.0704. The minimum Gasteiger partial charge on any atom is -0.466 e. The minimum absolute atomic E-state index is 0.0366. The molecular formula is C20H23ClN8O8P2S2. The van der Waals surface area contributed by atoms with Gasteiger partial charge in [-0.15, -0.1) is 12.2 Å². The normalized spacial score (nSPS) is 20.8. The Morgan fingerprint density at radius 3 is 2.95 bits per heavy atom. The number of H-pyrrole nitrogens is 1. The number of carbonyl (C=O) groups excluding carboxylic acids is 1. The Hall–Kier alpha value is -2.27. The van der Waals surface area contributed by atoms with E-state index >= 15 is 0 Å². The Labute approximate surface area is 248 Å². The first-order valence-electron chi connectivity index (χ1n) is 11.8. The first-order chi connectivity index (χ1) is 19.7. The van der Waals surface area contributed by atoms with Crippen molar-refractivity contribution in [3.63, 3.8) is 0 Å². The summed E-state index contributed by atoms with van der Waals surface area (Å²) >= 11 is 14.3. The molecular weight excluding hydrogens is 642 g/mol. The topological polar surface area (TPSA) is 201 Å². The lowest BCUT2D eigenvalue weighted by Gasteiger charge is -2.23. The lowest BCUT2D eigenvalue weighted by Crippen LogP contribution is -2.22. The van der Waals surface area contributed by atoms with Crippen LogP contribution >= 0.6 is 50.9 Å². The number of nitrogen functional groups attached to an aromatic ring is 1. The van der Waals surface area contributed by atoms with Crippen molar-refractivity contribution in [2.75, 3.05) is 18.9 Å². The molecule has 5 rings (SSSR count). The zero-order chi connectivity index (χ0) is 29.1. The number of pyridine rings is 1. The van der Waals surface area contributed by atoms with Gasteiger partial charge in [-0.05, 0) is 6.07 Å². The molecule has 21 heteroatoms. The number of anilines is 1. The van der Waals surface area contributed by atoms with Gasteiger partial charge in [0.15, 0.2) is 23.0 Å². The van der Waals surface area contributed by atoms with Crippen molar-refractivity contribution in [1.82, 2.24) is 34.1 Å². The molecule has 5 atom stereocenters. The van der Waals surface area contributed by atoms with E-state index in [0.717, 1.165) is 0 Å². The van der Waals surface area contributed by atoms with Gasteiger partial charge in [0, 0.05) is 12.6 Å². The summed E-state index contributed by atoms with van der Waals surface area (Å²) in [6, 6.07) is 1.61. The Balaban J connectivity index is 1.37. The Bertz CT molecular complexity index is 1670. The van der Waals surface area contributed by atoms with Crippen LogP contribution in [-0.4, -0.2) is 65.9 Å². The number of ether oxygens (including phenoxy) is 2. The van der Waals surface area contributed by atoms with E-state index < -0.39 is 30.8 Å². The highest BCUT2D eigenvalue weighted by Crippen LogP contribution is 2.57. The number of nitrogens with zero attached hydrogens (tertiary/aromatic N) is 6. The van der Waals surface area contributed by atoms with Gasteiger partial charge in [-0.3, -0.25) is 28.2 Å². The highest BCUT2D eigenvalue weighted by Gasteiger charge is 2.42. The molecule has 5 heterocycles. The molecule has 1 aliphatic rings. The molecule has 4 aromatic rings. The van der Waals surface area contributed by atoms with Crippen molar-refractivity contribution in [3.05, 3.63) is 39.8 Å². The van der Waals surface area contributed by atoms with Crippen LogP contribution in [0.15, 0.2) is 23.4 Å². The predicted octanol–water partition coefficient (Wildman–Crippen LogP) is 2.66. The maximum Gasteiger partial charge on any atom is 0.386 e. The van der Waals surface area contributed by atoms with Crippen LogP contribution in [-0.2, 0) is 45.6 Å². The summed E-state index contributed by atoms with van der Waals surface area (Å²) < 4.78 is 44.4. The fraction of sp³-hybridized carbons (Fsp3) is 0.400. The fourth-order valence-corrected chi connectivity index (χ4v) is 6.38. The first kappa shape index (κ1) is 30.2. The smallest absolute Gasteiger partial charge is 0.386 e. The van der Waals surface area contributed by atoms with Gasteiger partial charge in [-0.25, -0.2) is 19.5 Å². The number of aromatic nitrogens is 7. The van der Waals surface area contributed by atoms with E-state index in [-0.39, 0.29) is 57.9 Å². The third kappa shape index (κ3) is 6.87. The van der Waals surface area contributed by atoms with Gasteiger partial charge in [0.05, 0.1) is 38.6 Å². The zero-order valence-electron chi connectivity index (χ0n) is 20.8. The number of thiol groups is 2. The molecule has 0 radical (unpaired) electrons. The molecule has 1 fully saturated rings. The van der Waals surface area contributed by atoms with Crippen LogP contribution in [0.2, 0.25) is 5.02 Å². The molecule has 4 aromatic heterocycles. The molecule has 0 bridgehead atoms. The van der Waals surface area contributed by atoms with Crippen LogP contribution in [0.3, 0.4) is 0 Å². The number of halogens is 1. The van der Waals surface area contributed by atoms with Crippen molar-refractivity contribution >= 4 is 85.7 Å². The van der Waals surface area contributed by atoms with Gasteiger partial charge >= 0.3 is 6.80 Å². The van der Waals surface area contributed by atoms with Crippen molar-refractivity contribution in [2.45, 2.75) is 38.0 Å². The summed E-state index contributed by atoms with van der Waals surface area (Å²) in [6.45, 7) is -3.59. The molecule has 0 saturated carbocycles. The number of fused-ring (bicyclic) bond motifs is 2. The van der Waals surface area contributed by atoms with Crippen LogP contribution in [0.1, 0.15) is 18.5 Å². The van der Waals surface area contributed by atoms with Gasteiger partial charge in [0.1, 0.15) is 30.7 Å². The average molecular weight is 665 g/mol. The Morgan fingerprint density at radius 1 is 1.34 bits per heavy atom. The molecule has 3 N–H and O–H groups in total. The number of nitrogens with two attached hydrogens (primary N) is 1. The molecule has 16 nitrogen and oxygen atoms in total. The largest absolute Gasteiger partial charge is 0.466 e. The van der Waals surface area contributed by atoms with Gasteiger partial charge in [0.25, 0.3) is 12.0 Å². The molecule has 1 aliphatic heterocycles. The fourth-order valence-electron chi connectivity index (χ4n) is 4.33. The standard InChI is InChI=1S/C20H23ClN8O8P2S2/c21-10-3-12-16(23-5-10)28(1-2-33-9-30)14(25-12)7-35-39(32,41)37-13-4-11(6-34-38-40)36-19(13)29-8-24-15-17(29)26-20(22)27-18(15)31/h3,5,8-9,11,13,19,38,40H,1-2,4,6-7H2,(H,32,41)(H3,22,26,27,31)/t11-,13+,19+,39?/m0/s1. The van der Waals surface area contributed by atoms with E-state index in [9.17, 15) is 14.2 Å². The first-order valence-corrected chi connectivity index (χ1v) is 17.1. The summed E-state index contributed by atoms with van der Waals surface area (Å²) in [4.78, 5) is 42.3. The highest BCUT2D eigenvalue weighted by atomic mass is 35.5. The summed E-state index contributed by atoms with van der Waals surface area (Å²) in [7, 11) is -0.0766. The summed E-state index contributed by atoms with van der Waals surface area (Å²) in [6.07, 6.45) is 0.751. The highest BCUT2D eigenvalue weighted by molar-refractivity contribution is 8.44. The van der Waals surface area contributed by atoms with E-state index in [2.05, 4.69) is 49.4 Å². The van der Waals surface area contributed by atoms with E-state index in [4.69, 9.17) is 40.4 Å². The van der Waals surface area contributed by atoms with Crippen molar-refractivity contribution in [3.8, 4) is 0 Å². The minimum atomic E-state index is -4.06. The Kier molecular flexibility index (Phi) is 9.53. The van der Waals surface area contributed by atoms with Crippen LogP contribution in [0.25, 0.3) is 22.3 Å². The van der Waals surface area contributed by atoms with Crippen molar-refractivity contribution in [1.29, 1.82) is 0 Å². The Morgan fingerprint density at radius 2 is 2.17 bits per heavy atom. The number of hydrogen-bond donors (Lipinski definition) is 4. The maximum atomic E-state index is 13.5. The molecule has 1 saturated heterocycles. The molecule has 220 valence electrons. The average Bonchev–Trinajstić information content (AvgIpc) is 3.61. The maximum absolute atomic E-state index is 13.5. The predicted molar refractivity (Wildman–Crippen MR) is 155 cm³/mol. The molecule has 41 heavy (non-hydrogen) atoms. The lowest BCUT2D eigenvalue weighted by atomic mass is 10.2. The van der Waals surface area contributed by atoms with Gasteiger partial charge in [-0.1, -0.05) is 23.8 Å². The van der Waals surface area contributed by atoms with Crippen LogP contribution < -0.4 is 11.3 Å². The van der Waals surface area contributed by atoms with E-state index in [1.54, 1.807) is 10.6 Å². The van der Waals surface area contributed by atoms with Crippen molar-refractivity contribution in [2.24, 2.45) is 0 Å². The SMILES string of the molecule is Nc1nc2c(ncn2[C@@H]2O[C@H](COPS)C[C@H]2OP(=O)(S)OCc2nc3cc(Cl)cnc3n2CCOC=O)c(=O)[nH]1.